The molecule has 0 radical (unpaired) electrons. The van der Waals surface area contributed by atoms with E-state index in [0.29, 0.717) is 19.4 Å². The van der Waals surface area contributed by atoms with Crippen molar-refractivity contribution in [2.45, 2.75) is 53.6 Å². The number of aromatic nitrogens is 3. The van der Waals surface area contributed by atoms with Crippen molar-refractivity contribution in [3.05, 3.63) is 64.1 Å². The van der Waals surface area contributed by atoms with Crippen LogP contribution in [0, 0.1) is 20.8 Å². The summed E-state index contributed by atoms with van der Waals surface area (Å²) in [5, 5.41) is 7.67. The highest BCUT2D eigenvalue weighted by atomic mass is 16.1. The van der Waals surface area contributed by atoms with Gasteiger partial charge in [-0.2, -0.15) is 5.10 Å². The Labute approximate surface area is 196 Å². The van der Waals surface area contributed by atoms with Crippen LogP contribution < -0.4 is 5.32 Å². The molecule has 7 heteroatoms. The number of piperazine rings is 1. The molecule has 1 N–H and O–H groups in total. The molecule has 4 rings (SSSR count). The minimum atomic E-state index is 0.0666. The molecule has 176 valence electrons. The molecular formula is C26H36N6O. The number of nitrogens with zero attached hydrogens (tertiary/aromatic N) is 5. The van der Waals surface area contributed by atoms with E-state index in [-0.39, 0.29) is 5.91 Å². The average molecular weight is 449 g/mol. The number of fused-ring (bicyclic) bond motifs is 1. The first-order chi connectivity index (χ1) is 15.9. The van der Waals surface area contributed by atoms with Gasteiger partial charge in [0, 0.05) is 63.1 Å². The van der Waals surface area contributed by atoms with Crippen LogP contribution in [-0.2, 0) is 24.3 Å². The third kappa shape index (κ3) is 5.60. The molecule has 1 amide bonds. The number of hydrogen-bond acceptors (Lipinski definition) is 5. The van der Waals surface area contributed by atoms with E-state index in [1.54, 1.807) is 0 Å². The first-order valence-corrected chi connectivity index (χ1v) is 12.0. The molecule has 33 heavy (non-hydrogen) atoms. The first-order valence-electron chi connectivity index (χ1n) is 12.0. The van der Waals surface area contributed by atoms with Crippen LogP contribution in [0.4, 0.5) is 0 Å². The molecule has 1 aliphatic heterocycles. The molecule has 1 aliphatic rings. The first kappa shape index (κ1) is 23.4. The van der Waals surface area contributed by atoms with Crippen molar-refractivity contribution in [3.63, 3.8) is 0 Å². The second-order valence-electron chi connectivity index (χ2n) is 9.07. The normalized spacial score (nSPS) is 15.3. The number of nitrogens with one attached hydrogen (secondary N) is 1. The van der Waals surface area contributed by atoms with Crippen molar-refractivity contribution in [1.29, 1.82) is 0 Å². The molecule has 0 saturated carbocycles. The molecule has 0 aliphatic carbocycles. The van der Waals surface area contributed by atoms with E-state index in [4.69, 9.17) is 0 Å². The van der Waals surface area contributed by atoms with Gasteiger partial charge in [0.1, 0.15) is 0 Å². The van der Waals surface area contributed by atoms with Gasteiger partial charge < -0.3 is 10.2 Å². The lowest BCUT2D eigenvalue weighted by atomic mass is 10.1. The van der Waals surface area contributed by atoms with E-state index >= 15 is 0 Å². The van der Waals surface area contributed by atoms with Gasteiger partial charge in [0.2, 0.25) is 5.91 Å². The summed E-state index contributed by atoms with van der Waals surface area (Å²) in [6.07, 6.45) is 1.10. The van der Waals surface area contributed by atoms with Crippen LogP contribution in [0.1, 0.15) is 47.1 Å². The van der Waals surface area contributed by atoms with Crippen LogP contribution >= 0.6 is 0 Å². The zero-order valence-electron chi connectivity index (χ0n) is 20.4. The van der Waals surface area contributed by atoms with Gasteiger partial charge in [-0.05, 0) is 50.4 Å². The fourth-order valence-corrected chi connectivity index (χ4v) is 4.71. The third-order valence-corrected chi connectivity index (χ3v) is 6.79. The summed E-state index contributed by atoms with van der Waals surface area (Å²) in [6.45, 7) is 15.4. The summed E-state index contributed by atoms with van der Waals surface area (Å²) in [7, 11) is 0. The molecule has 1 fully saturated rings. The molecule has 0 bridgehead atoms. The predicted molar refractivity (Wildman–Crippen MR) is 131 cm³/mol. The molecule has 2 aromatic heterocycles. The lowest BCUT2D eigenvalue weighted by molar-refractivity contribution is -0.121. The maximum absolute atomic E-state index is 12.7. The average Bonchev–Trinajstić information content (AvgIpc) is 3.19. The Kier molecular flexibility index (Phi) is 7.40. The van der Waals surface area contributed by atoms with Crippen LogP contribution in [0.2, 0.25) is 0 Å². The van der Waals surface area contributed by atoms with E-state index in [0.717, 1.165) is 67.6 Å². The minimum Gasteiger partial charge on any atom is -0.352 e. The Balaban J connectivity index is 1.33. The molecule has 3 aromatic rings. The number of amides is 1. The van der Waals surface area contributed by atoms with Gasteiger partial charge in [0.15, 0.2) is 5.65 Å². The summed E-state index contributed by atoms with van der Waals surface area (Å²) in [6, 6.07) is 10.4. The Morgan fingerprint density at radius 3 is 2.45 bits per heavy atom. The summed E-state index contributed by atoms with van der Waals surface area (Å²) in [4.78, 5) is 22.4. The van der Waals surface area contributed by atoms with Gasteiger partial charge in [-0.3, -0.25) is 9.69 Å². The number of rotatable bonds is 8. The molecule has 0 unspecified atom stereocenters. The van der Waals surface area contributed by atoms with Crippen molar-refractivity contribution in [1.82, 2.24) is 29.7 Å². The molecular weight excluding hydrogens is 412 g/mol. The maximum Gasteiger partial charge on any atom is 0.220 e. The zero-order chi connectivity index (χ0) is 23.4. The number of aryl methyl sites for hydroxylation is 3. The molecule has 3 heterocycles. The van der Waals surface area contributed by atoms with Crippen molar-refractivity contribution >= 4 is 11.6 Å². The largest absolute Gasteiger partial charge is 0.352 e. The van der Waals surface area contributed by atoms with Crippen LogP contribution in [-0.4, -0.2) is 63.0 Å². The van der Waals surface area contributed by atoms with Crippen molar-refractivity contribution in [2.24, 2.45) is 0 Å². The number of carbonyl (C=O) groups excluding carboxylic acids is 1. The summed E-state index contributed by atoms with van der Waals surface area (Å²) >= 11 is 0. The zero-order valence-corrected chi connectivity index (χ0v) is 20.4. The SMILES string of the molecule is CCN1CCN(Cc2ccccc2CNC(=O)CCc2c(C)nc3cc(C)nn3c2C)CC1. The Bertz CT molecular complexity index is 1110. The highest BCUT2D eigenvalue weighted by Crippen LogP contribution is 2.17. The maximum atomic E-state index is 12.7. The van der Waals surface area contributed by atoms with Crippen molar-refractivity contribution in [2.75, 3.05) is 32.7 Å². The van der Waals surface area contributed by atoms with E-state index in [1.165, 1.54) is 11.1 Å². The van der Waals surface area contributed by atoms with E-state index in [2.05, 4.69) is 63.3 Å². The number of hydrogen-bond donors (Lipinski definition) is 1. The van der Waals surface area contributed by atoms with Gasteiger partial charge in [-0.1, -0.05) is 31.2 Å². The Hall–Kier alpha value is -2.77. The second-order valence-corrected chi connectivity index (χ2v) is 9.07. The molecule has 1 aromatic carbocycles. The molecule has 0 atom stereocenters. The quantitative estimate of drug-likeness (QED) is 0.574. The topological polar surface area (TPSA) is 65.8 Å². The van der Waals surface area contributed by atoms with Crippen molar-refractivity contribution in [3.8, 4) is 0 Å². The molecule has 7 nitrogen and oxygen atoms in total. The standard InChI is InChI=1S/C26H36N6O/c1-5-30-12-14-31(15-13-30)18-23-9-7-6-8-22(23)17-27-26(33)11-10-24-20(3)28-25-16-19(2)29-32(25)21(24)4/h6-9,16H,5,10-15,17-18H2,1-4H3,(H,27,33). The smallest absolute Gasteiger partial charge is 0.220 e. The Morgan fingerprint density at radius 1 is 1.03 bits per heavy atom. The van der Waals surface area contributed by atoms with Gasteiger partial charge >= 0.3 is 0 Å². The number of carbonyl (C=O) groups is 1. The Morgan fingerprint density at radius 2 is 1.73 bits per heavy atom. The lowest BCUT2D eigenvalue weighted by Crippen LogP contribution is -2.45. The van der Waals surface area contributed by atoms with Gasteiger partial charge in [-0.25, -0.2) is 9.50 Å². The fraction of sp³-hybridized carbons (Fsp3) is 0.500. The fourth-order valence-electron chi connectivity index (χ4n) is 4.71. The molecule has 1 saturated heterocycles. The van der Waals surface area contributed by atoms with E-state index in [1.807, 2.05) is 24.4 Å². The third-order valence-electron chi connectivity index (χ3n) is 6.79. The van der Waals surface area contributed by atoms with Crippen LogP contribution in [0.3, 0.4) is 0 Å². The molecule has 0 spiro atoms. The van der Waals surface area contributed by atoms with Gasteiger partial charge in [0.25, 0.3) is 0 Å². The second kappa shape index (κ2) is 10.4. The summed E-state index contributed by atoms with van der Waals surface area (Å²) in [5.74, 6) is 0.0666. The number of likely N-dealkylation sites (N-methyl/N-ethyl adjacent to an activating group) is 1. The highest BCUT2D eigenvalue weighted by Gasteiger charge is 2.17. The number of benzene rings is 1. The van der Waals surface area contributed by atoms with E-state index in [9.17, 15) is 4.79 Å². The lowest BCUT2D eigenvalue weighted by Gasteiger charge is -2.34. The minimum absolute atomic E-state index is 0.0666. The van der Waals surface area contributed by atoms with Crippen LogP contribution in [0.25, 0.3) is 5.65 Å². The van der Waals surface area contributed by atoms with Crippen LogP contribution in [0.5, 0.6) is 0 Å². The van der Waals surface area contributed by atoms with Gasteiger partial charge in [-0.15, -0.1) is 0 Å². The monoisotopic (exact) mass is 448 g/mol. The van der Waals surface area contributed by atoms with Crippen LogP contribution in [0.15, 0.2) is 30.3 Å². The van der Waals surface area contributed by atoms with Crippen molar-refractivity contribution < 1.29 is 4.79 Å². The van der Waals surface area contributed by atoms with Gasteiger partial charge in [0.05, 0.1) is 5.69 Å². The predicted octanol–water partition coefficient (Wildman–Crippen LogP) is 3.04. The summed E-state index contributed by atoms with van der Waals surface area (Å²) < 4.78 is 1.88. The highest BCUT2D eigenvalue weighted by molar-refractivity contribution is 5.76. The van der Waals surface area contributed by atoms with E-state index < -0.39 is 0 Å². The summed E-state index contributed by atoms with van der Waals surface area (Å²) in [5.41, 5.74) is 7.46.